The van der Waals surface area contributed by atoms with E-state index in [-0.39, 0.29) is 5.92 Å². The summed E-state index contributed by atoms with van der Waals surface area (Å²) in [5.41, 5.74) is 1.60. The number of nitrogens with zero attached hydrogens (tertiary/aromatic N) is 1. The van der Waals surface area contributed by atoms with Gasteiger partial charge in [0, 0.05) is 11.0 Å². The van der Waals surface area contributed by atoms with Crippen LogP contribution in [0.15, 0.2) is 42.1 Å². The Labute approximate surface area is 112 Å². The van der Waals surface area contributed by atoms with Crippen molar-refractivity contribution in [3.63, 3.8) is 0 Å². The van der Waals surface area contributed by atoms with Crippen molar-refractivity contribution in [1.29, 1.82) is 0 Å². The van der Waals surface area contributed by atoms with Crippen LogP contribution in [0.4, 0.5) is 5.69 Å². The van der Waals surface area contributed by atoms with Crippen molar-refractivity contribution in [2.24, 2.45) is 11.1 Å². The third-order valence-electron chi connectivity index (χ3n) is 3.08. The van der Waals surface area contributed by atoms with E-state index in [9.17, 15) is 10.0 Å². The van der Waals surface area contributed by atoms with Crippen molar-refractivity contribution in [3.05, 3.63) is 47.4 Å². The van der Waals surface area contributed by atoms with Gasteiger partial charge in [0.2, 0.25) is 0 Å². The molecule has 0 heterocycles. The Morgan fingerprint density at radius 1 is 1.39 bits per heavy atom. The minimum absolute atomic E-state index is 0.170. The SMILES string of the molecule is C=CC(O)[C@H](C)[C@H](C)SCc1ccc(N=O)cc1. The number of rotatable bonds is 7. The lowest BCUT2D eigenvalue weighted by Crippen LogP contribution is -2.23. The maximum absolute atomic E-state index is 10.3. The molecule has 1 N–H and O–H groups in total. The zero-order valence-electron chi connectivity index (χ0n) is 10.7. The molecule has 1 aromatic carbocycles. The molecular formula is C14H19NO2S. The zero-order valence-corrected chi connectivity index (χ0v) is 11.6. The molecule has 1 aromatic rings. The monoisotopic (exact) mass is 265 g/mol. The van der Waals surface area contributed by atoms with Crippen LogP contribution >= 0.6 is 11.8 Å². The van der Waals surface area contributed by atoms with E-state index in [0.717, 1.165) is 11.3 Å². The number of benzene rings is 1. The number of hydrogen-bond donors (Lipinski definition) is 1. The summed E-state index contributed by atoms with van der Waals surface area (Å²) < 4.78 is 0. The fourth-order valence-electron chi connectivity index (χ4n) is 1.52. The number of aliphatic hydroxyl groups is 1. The highest BCUT2D eigenvalue weighted by molar-refractivity contribution is 7.99. The van der Waals surface area contributed by atoms with Gasteiger partial charge in [0.05, 0.1) is 6.10 Å². The molecule has 0 aliphatic rings. The molecule has 0 radical (unpaired) electrons. The Hall–Kier alpha value is -1.13. The summed E-state index contributed by atoms with van der Waals surface area (Å²) >= 11 is 1.78. The van der Waals surface area contributed by atoms with Gasteiger partial charge in [0.15, 0.2) is 0 Å². The second kappa shape index (κ2) is 7.34. The van der Waals surface area contributed by atoms with Crippen LogP contribution in [0.2, 0.25) is 0 Å². The lowest BCUT2D eigenvalue weighted by Gasteiger charge is -2.22. The summed E-state index contributed by atoms with van der Waals surface area (Å²) in [5, 5.41) is 12.9. The first-order valence-corrected chi connectivity index (χ1v) is 6.98. The molecule has 0 aliphatic heterocycles. The van der Waals surface area contributed by atoms with Gasteiger partial charge in [0.1, 0.15) is 5.69 Å². The molecule has 0 saturated carbocycles. The molecule has 4 heteroatoms. The summed E-state index contributed by atoms with van der Waals surface area (Å²) in [5.74, 6) is 1.03. The smallest absolute Gasteiger partial charge is 0.108 e. The number of aliphatic hydroxyl groups excluding tert-OH is 1. The van der Waals surface area contributed by atoms with Gasteiger partial charge in [0.25, 0.3) is 0 Å². The van der Waals surface area contributed by atoms with E-state index in [2.05, 4.69) is 18.7 Å². The average Bonchev–Trinajstić information content (AvgIpc) is 2.43. The third-order valence-corrected chi connectivity index (χ3v) is 4.53. The van der Waals surface area contributed by atoms with Crippen molar-refractivity contribution in [1.82, 2.24) is 0 Å². The van der Waals surface area contributed by atoms with Crippen LogP contribution in [0.5, 0.6) is 0 Å². The Morgan fingerprint density at radius 2 is 2.00 bits per heavy atom. The summed E-state index contributed by atoms with van der Waals surface area (Å²) in [6, 6.07) is 7.25. The molecule has 0 aromatic heterocycles. The molecule has 0 saturated heterocycles. The second-order valence-corrected chi connectivity index (χ2v) is 5.72. The Kier molecular flexibility index (Phi) is 6.09. The van der Waals surface area contributed by atoms with Gasteiger partial charge in [-0.3, -0.25) is 0 Å². The van der Waals surface area contributed by atoms with E-state index in [1.807, 2.05) is 19.1 Å². The zero-order chi connectivity index (χ0) is 13.5. The number of nitroso groups, excluding NO2 is 1. The summed E-state index contributed by atoms with van der Waals surface area (Å²) in [6.45, 7) is 7.72. The van der Waals surface area contributed by atoms with Gasteiger partial charge in [-0.2, -0.15) is 11.8 Å². The molecular weight excluding hydrogens is 246 g/mol. The maximum Gasteiger partial charge on any atom is 0.108 e. The van der Waals surface area contributed by atoms with Crippen molar-refractivity contribution >= 4 is 17.4 Å². The van der Waals surface area contributed by atoms with Crippen molar-refractivity contribution in [3.8, 4) is 0 Å². The number of hydrogen-bond acceptors (Lipinski definition) is 4. The highest BCUT2D eigenvalue weighted by Crippen LogP contribution is 2.26. The Morgan fingerprint density at radius 3 is 2.50 bits per heavy atom. The van der Waals surface area contributed by atoms with E-state index in [1.165, 1.54) is 0 Å². The molecule has 1 rings (SSSR count). The summed E-state index contributed by atoms with van der Waals surface area (Å²) in [4.78, 5) is 10.3. The maximum atomic E-state index is 10.3. The van der Waals surface area contributed by atoms with Crippen molar-refractivity contribution < 1.29 is 5.11 Å². The predicted octanol–water partition coefficient (Wildman–Crippen LogP) is 3.89. The number of thioether (sulfide) groups is 1. The minimum atomic E-state index is -0.464. The second-order valence-electron chi connectivity index (χ2n) is 4.36. The fourth-order valence-corrected chi connectivity index (χ4v) is 2.64. The molecule has 98 valence electrons. The van der Waals surface area contributed by atoms with Gasteiger partial charge in [-0.25, -0.2) is 0 Å². The highest BCUT2D eigenvalue weighted by Gasteiger charge is 2.18. The van der Waals surface area contributed by atoms with Crippen LogP contribution < -0.4 is 0 Å². The standard InChI is InChI=1S/C14H19NO2S/c1-4-14(16)10(2)11(3)18-9-12-5-7-13(15-17)8-6-12/h4-8,10-11,14,16H,1,9H2,2-3H3/t10-,11+,14?/m1/s1. The van der Waals surface area contributed by atoms with Crippen LogP contribution in [0.1, 0.15) is 19.4 Å². The molecule has 0 fully saturated rings. The van der Waals surface area contributed by atoms with Gasteiger partial charge in [-0.1, -0.05) is 32.1 Å². The molecule has 1 unspecified atom stereocenters. The van der Waals surface area contributed by atoms with E-state index in [1.54, 1.807) is 30.0 Å². The Bertz CT molecular complexity index is 391. The summed E-state index contributed by atoms with van der Waals surface area (Å²) in [6.07, 6.45) is 1.11. The lowest BCUT2D eigenvalue weighted by molar-refractivity contribution is 0.163. The van der Waals surface area contributed by atoms with Crippen LogP contribution in [-0.2, 0) is 5.75 Å². The quantitative estimate of drug-likeness (QED) is 0.601. The van der Waals surface area contributed by atoms with Crippen molar-refractivity contribution in [2.45, 2.75) is 31.0 Å². The van der Waals surface area contributed by atoms with E-state index in [0.29, 0.717) is 10.9 Å². The fraction of sp³-hybridized carbons (Fsp3) is 0.429. The van der Waals surface area contributed by atoms with Gasteiger partial charge in [-0.05, 0) is 28.8 Å². The third kappa shape index (κ3) is 4.27. The molecule has 3 nitrogen and oxygen atoms in total. The first-order valence-electron chi connectivity index (χ1n) is 5.93. The van der Waals surface area contributed by atoms with E-state index in [4.69, 9.17) is 0 Å². The minimum Gasteiger partial charge on any atom is -0.389 e. The lowest BCUT2D eigenvalue weighted by atomic mass is 10.0. The predicted molar refractivity (Wildman–Crippen MR) is 78.0 cm³/mol. The molecule has 0 aliphatic carbocycles. The van der Waals surface area contributed by atoms with Gasteiger partial charge >= 0.3 is 0 Å². The Balaban J connectivity index is 2.48. The first kappa shape index (κ1) is 14.9. The largest absolute Gasteiger partial charge is 0.389 e. The normalized spacial score (nSPS) is 15.7. The topological polar surface area (TPSA) is 49.7 Å². The van der Waals surface area contributed by atoms with Gasteiger partial charge in [-0.15, -0.1) is 11.5 Å². The van der Waals surface area contributed by atoms with Crippen molar-refractivity contribution in [2.75, 3.05) is 0 Å². The highest BCUT2D eigenvalue weighted by atomic mass is 32.2. The van der Waals surface area contributed by atoms with E-state index >= 15 is 0 Å². The van der Waals surface area contributed by atoms with Crippen LogP contribution in [0.25, 0.3) is 0 Å². The van der Waals surface area contributed by atoms with E-state index < -0.39 is 6.10 Å². The molecule has 0 spiro atoms. The molecule has 18 heavy (non-hydrogen) atoms. The molecule has 0 amide bonds. The molecule has 0 bridgehead atoms. The van der Waals surface area contributed by atoms with Crippen LogP contribution in [0, 0.1) is 10.8 Å². The average molecular weight is 265 g/mol. The van der Waals surface area contributed by atoms with Gasteiger partial charge < -0.3 is 5.11 Å². The first-order chi connectivity index (χ1) is 8.58. The molecule has 3 atom stereocenters. The van der Waals surface area contributed by atoms with Crippen LogP contribution in [0.3, 0.4) is 0 Å². The van der Waals surface area contributed by atoms with Crippen LogP contribution in [-0.4, -0.2) is 16.5 Å². The summed E-state index contributed by atoms with van der Waals surface area (Å²) in [7, 11) is 0.